The van der Waals surface area contributed by atoms with Gasteiger partial charge in [0.2, 0.25) is 0 Å². The van der Waals surface area contributed by atoms with E-state index in [9.17, 15) is 4.79 Å². The van der Waals surface area contributed by atoms with E-state index >= 15 is 0 Å². The quantitative estimate of drug-likeness (QED) is 0.768. The molecule has 2 aromatic rings. The summed E-state index contributed by atoms with van der Waals surface area (Å²) in [6.45, 7) is 5.05. The van der Waals surface area contributed by atoms with Crippen LogP contribution < -0.4 is 10.6 Å². The van der Waals surface area contributed by atoms with Gasteiger partial charge in [-0.2, -0.15) is 0 Å². The molecule has 0 fully saturated rings. The van der Waals surface area contributed by atoms with E-state index in [4.69, 9.17) is 0 Å². The van der Waals surface area contributed by atoms with Crippen LogP contribution in [0.25, 0.3) is 0 Å². The lowest BCUT2D eigenvalue weighted by Crippen LogP contribution is -2.16. The summed E-state index contributed by atoms with van der Waals surface area (Å²) in [6.07, 6.45) is 3.07. The number of carbonyl (C=O) groups is 1. The van der Waals surface area contributed by atoms with E-state index in [-0.39, 0.29) is 5.91 Å². The first-order chi connectivity index (χ1) is 10.7. The molecular weight excluding hydrogens is 276 g/mol. The van der Waals surface area contributed by atoms with Crippen LogP contribution in [-0.2, 0) is 6.42 Å². The number of nitrogens with zero attached hydrogens (tertiary/aromatic N) is 2. The summed E-state index contributed by atoms with van der Waals surface area (Å²) >= 11 is 0. The number of unbranched alkanes of at least 4 members (excludes halogenated alkanes) is 1. The Hall–Kier alpha value is -2.43. The number of carbonyl (C=O) groups excluding carboxylic acids is 1. The molecule has 0 radical (unpaired) electrons. The Morgan fingerprint density at radius 2 is 1.91 bits per heavy atom. The van der Waals surface area contributed by atoms with Crippen molar-refractivity contribution in [3.63, 3.8) is 0 Å². The highest BCUT2D eigenvalue weighted by Gasteiger charge is 2.10. The van der Waals surface area contributed by atoms with Crippen LogP contribution in [0.15, 0.2) is 36.4 Å². The molecule has 2 N–H and O–H groups in total. The average molecular weight is 298 g/mol. The lowest BCUT2D eigenvalue weighted by Gasteiger charge is -2.09. The van der Waals surface area contributed by atoms with Crippen molar-refractivity contribution in [1.29, 1.82) is 0 Å². The van der Waals surface area contributed by atoms with Gasteiger partial charge in [-0.3, -0.25) is 4.79 Å². The first-order valence-electron chi connectivity index (χ1n) is 7.71. The molecule has 0 atom stereocenters. The molecule has 0 aliphatic carbocycles. The van der Waals surface area contributed by atoms with Gasteiger partial charge >= 0.3 is 0 Å². The number of amides is 1. The second-order valence-electron chi connectivity index (χ2n) is 5.05. The van der Waals surface area contributed by atoms with Gasteiger partial charge < -0.3 is 10.6 Å². The molecule has 1 aromatic heterocycles. The molecule has 116 valence electrons. The van der Waals surface area contributed by atoms with Crippen LogP contribution in [0, 0.1) is 0 Å². The lowest BCUT2D eigenvalue weighted by atomic mass is 10.1. The van der Waals surface area contributed by atoms with Crippen molar-refractivity contribution in [2.24, 2.45) is 0 Å². The molecule has 0 bridgehead atoms. The molecule has 0 spiro atoms. The smallest absolute Gasteiger partial charge is 0.276 e. The van der Waals surface area contributed by atoms with Crippen molar-refractivity contribution in [3.05, 3.63) is 47.7 Å². The highest BCUT2D eigenvalue weighted by atomic mass is 16.1. The van der Waals surface area contributed by atoms with E-state index in [0.29, 0.717) is 11.5 Å². The van der Waals surface area contributed by atoms with E-state index in [2.05, 4.69) is 34.7 Å². The van der Waals surface area contributed by atoms with Gasteiger partial charge in [-0.25, -0.2) is 0 Å². The Morgan fingerprint density at radius 1 is 1.09 bits per heavy atom. The van der Waals surface area contributed by atoms with Crippen LogP contribution in [0.1, 0.15) is 42.7 Å². The maximum atomic E-state index is 12.2. The van der Waals surface area contributed by atoms with Crippen molar-refractivity contribution in [1.82, 2.24) is 10.2 Å². The zero-order chi connectivity index (χ0) is 15.8. The first-order valence-corrected chi connectivity index (χ1v) is 7.71. The molecule has 1 aromatic carbocycles. The third-order valence-electron chi connectivity index (χ3n) is 3.38. The summed E-state index contributed by atoms with van der Waals surface area (Å²) in [5, 5.41) is 14.1. The second-order valence-corrected chi connectivity index (χ2v) is 5.05. The molecule has 1 heterocycles. The third kappa shape index (κ3) is 4.28. The first kappa shape index (κ1) is 15.9. The van der Waals surface area contributed by atoms with Gasteiger partial charge in [-0.15, -0.1) is 10.2 Å². The Kier molecular flexibility index (Phi) is 5.89. The van der Waals surface area contributed by atoms with Gasteiger partial charge in [0.15, 0.2) is 5.69 Å². The number of rotatable bonds is 7. The molecule has 0 unspecified atom stereocenters. The predicted octanol–water partition coefficient (Wildman–Crippen LogP) is 3.50. The number of hydrogen-bond acceptors (Lipinski definition) is 4. The maximum Gasteiger partial charge on any atom is 0.276 e. The second kappa shape index (κ2) is 8.12. The number of anilines is 2. The number of para-hydroxylation sites is 1. The van der Waals surface area contributed by atoms with E-state index in [1.54, 1.807) is 12.1 Å². The van der Waals surface area contributed by atoms with Gasteiger partial charge in [-0.1, -0.05) is 38.5 Å². The summed E-state index contributed by atoms with van der Waals surface area (Å²) in [5.74, 6) is 0.451. The molecule has 1 amide bonds. The summed E-state index contributed by atoms with van der Waals surface area (Å²) in [7, 11) is 0. The van der Waals surface area contributed by atoms with Crippen molar-refractivity contribution in [2.45, 2.75) is 33.1 Å². The maximum absolute atomic E-state index is 12.2. The molecule has 0 saturated heterocycles. The standard InChI is InChI=1S/C17H22N4O/c1-3-5-12-18-16-11-10-15(20-21-16)17(22)19-14-9-7-6-8-13(14)4-2/h6-11H,3-5,12H2,1-2H3,(H,18,21)(H,19,22). The van der Waals surface area contributed by atoms with Gasteiger partial charge in [0.1, 0.15) is 5.82 Å². The van der Waals surface area contributed by atoms with Crippen LogP contribution in [0.5, 0.6) is 0 Å². The number of aryl methyl sites for hydroxylation is 1. The summed E-state index contributed by atoms with van der Waals surface area (Å²) in [6, 6.07) is 11.2. The van der Waals surface area contributed by atoms with Crippen molar-refractivity contribution < 1.29 is 4.79 Å². The largest absolute Gasteiger partial charge is 0.369 e. The number of hydrogen-bond donors (Lipinski definition) is 2. The van der Waals surface area contributed by atoms with Crippen molar-refractivity contribution >= 4 is 17.4 Å². The predicted molar refractivity (Wildman–Crippen MR) is 89.2 cm³/mol. The van der Waals surface area contributed by atoms with E-state index in [1.807, 2.05) is 24.3 Å². The minimum Gasteiger partial charge on any atom is -0.369 e. The number of nitrogens with one attached hydrogen (secondary N) is 2. The summed E-state index contributed by atoms with van der Waals surface area (Å²) < 4.78 is 0. The van der Waals surface area contributed by atoms with Gasteiger partial charge in [-0.05, 0) is 36.6 Å². The van der Waals surface area contributed by atoms with E-state index in [1.165, 1.54) is 0 Å². The topological polar surface area (TPSA) is 66.9 Å². The van der Waals surface area contributed by atoms with Crippen LogP contribution in [0.4, 0.5) is 11.5 Å². The molecule has 0 aliphatic rings. The van der Waals surface area contributed by atoms with Crippen molar-refractivity contribution in [2.75, 3.05) is 17.2 Å². The van der Waals surface area contributed by atoms with Crippen LogP contribution in [0.3, 0.4) is 0 Å². The van der Waals surface area contributed by atoms with E-state index in [0.717, 1.165) is 37.1 Å². The molecular formula is C17H22N4O. The zero-order valence-electron chi connectivity index (χ0n) is 13.1. The molecule has 5 nitrogen and oxygen atoms in total. The van der Waals surface area contributed by atoms with Crippen LogP contribution >= 0.6 is 0 Å². The molecule has 0 saturated carbocycles. The molecule has 5 heteroatoms. The Balaban J connectivity index is 2.00. The third-order valence-corrected chi connectivity index (χ3v) is 3.38. The lowest BCUT2D eigenvalue weighted by molar-refractivity contribution is 0.102. The minimum atomic E-state index is -0.242. The SMILES string of the molecule is CCCCNc1ccc(C(=O)Nc2ccccc2CC)nn1. The van der Waals surface area contributed by atoms with Crippen molar-refractivity contribution in [3.8, 4) is 0 Å². The highest BCUT2D eigenvalue weighted by Crippen LogP contribution is 2.16. The average Bonchev–Trinajstić information content (AvgIpc) is 2.56. The molecule has 2 rings (SSSR count). The van der Waals surface area contributed by atoms with Crippen LogP contribution in [0.2, 0.25) is 0 Å². The fourth-order valence-electron chi connectivity index (χ4n) is 2.08. The minimum absolute atomic E-state index is 0.242. The fraction of sp³-hybridized carbons (Fsp3) is 0.353. The number of benzene rings is 1. The fourth-order valence-corrected chi connectivity index (χ4v) is 2.08. The highest BCUT2D eigenvalue weighted by molar-refractivity contribution is 6.03. The normalized spacial score (nSPS) is 10.3. The number of aromatic nitrogens is 2. The van der Waals surface area contributed by atoms with Gasteiger partial charge in [0.05, 0.1) is 0 Å². The molecule has 22 heavy (non-hydrogen) atoms. The van der Waals surface area contributed by atoms with Gasteiger partial charge in [0.25, 0.3) is 5.91 Å². The van der Waals surface area contributed by atoms with Crippen LogP contribution in [-0.4, -0.2) is 22.6 Å². The Morgan fingerprint density at radius 3 is 2.59 bits per heavy atom. The molecule has 0 aliphatic heterocycles. The summed E-state index contributed by atoms with van der Waals surface area (Å²) in [4.78, 5) is 12.2. The van der Waals surface area contributed by atoms with E-state index < -0.39 is 0 Å². The Labute approximate surface area is 131 Å². The Bertz CT molecular complexity index is 610. The van der Waals surface area contributed by atoms with Gasteiger partial charge in [0, 0.05) is 12.2 Å². The zero-order valence-corrected chi connectivity index (χ0v) is 13.1. The summed E-state index contributed by atoms with van der Waals surface area (Å²) in [5.41, 5.74) is 2.23. The monoisotopic (exact) mass is 298 g/mol.